The maximum absolute atomic E-state index is 12.1. The van der Waals surface area contributed by atoms with E-state index in [4.69, 9.17) is 0 Å². The van der Waals surface area contributed by atoms with Crippen molar-refractivity contribution < 1.29 is 13.2 Å². The molecule has 0 saturated carbocycles. The van der Waals surface area contributed by atoms with E-state index in [9.17, 15) is 13.2 Å². The second kappa shape index (κ2) is 7.74. The smallest absolute Gasteiger partial charge is 0.317 e. The molecule has 1 fully saturated rings. The van der Waals surface area contributed by atoms with Crippen LogP contribution in [0.3, 0.4) is 0 Å². The van der Waals surface area contributed by atoms with Crippen LogP contribution in [0.4, 0.5) is 4.79 Å². The van der Waals surface area contributed by atoms with Crippen molar-refractivity contribution in [2.24, 2.45) is 0 Å². The van der Waals surface area contributed by atoms with E-state index >= 15 is 0 Å². The molecule has 2 aliphatic rings. The van der Waals surface area contributed by atoms with E-state index in [1.807, 2.05) is 0 Å². The second-order valence-electron chi connectivity index (χ2n) is 7.05. The van der Waals surface area contributed by atoms with Crippen molar-refractivity contribution >= 4 is 15.9 Å². The van der Waals surface area contributed by atoms with Crippen molar-refractivity contribution in [1.29, 1.82) is 0 Å². The maximum Gasteiger partial charge on any atom is 0.317 e. The first-order chi connectivity index (χ1) is 11.9. The maximum atomic E-state index is 12.1. The Balaban J connectivity index is 1.45. The fraction of sp³-hybridized carbons (Fsp3) is 0.611. The summed E-state index contributed by atoms with van der Waals surface area (Å²) in [5, 5.41) is 2.71. The van der Waals surface area contributed by atoms with E-state index in [0.29, 0.717) is 19.1 Å². The molecule has 1 atom stereocenters. The summed E-state index contributed by atoms with van der Waals surface area (Å²) in [6.07, 6.45) is 4.58. The average Bonchev–Trinajstić information content (AvgIpc) is 2.60. The van der Waals surface area contributed by atoms with E-state index in [1.54, 1.807) is 4.90 Å². The Kier molecular flexibility index (Phi) is 5.64. The zero-order valence-corrected chi connectivity index (χ0v) is 15.6. The molecular formula is C18H27N3O3S. The summed E-state index contributed by atoms with van der Waals surface area (Å²) in [5.41, 5.74) is 2.93. The van der Waals surface area contributed by atoms with Crippen molar-refractivity contribution in [3.8, 4) is 0 Å². The molecule has 6 nitrogen and oxygen atoms in total. The molecule has 2 amide bonds. The van der Waals surface area contributed by atoms with Crippen LogP contribution in [0.1, 0.15) is 17.5 Å². The Bertz CT molecular complexity index is 712. The molecule has 1 N–H and O–H groups in total. The minimum Gasteiger partial charge on any atom is -0.337 e. The third kappa shape index (κ3) is 4.95. The minimum atomic E-state index is -3.04. The number of benzene rings is 1. The standard InChI is InChI=1S/C18H27N3O3S/c1-25(23,24)13-8-19-18(22)21-11-9-20(10-12-21)17-7-6-15-4-2-3-5-16(15)14-17/h2-5,17H,6-14H2,1H3,(H,19,22). The number of piperazine rings is 1. The van der Waals surface area contributed by atoms with Crippen molar-refractivity contribution in [3.05, 3.63) is 35.4 Å². The Morgan fingerprint density at radius 2 is 1.84 bits per heavy atom. The lowest BCUT2D eigenvalue weighted by Gasteiger charge is -2.41. The SMILES string of the molecule is CS(=O)(=O)CCNC(=O)N1CCN(C2CCc3ccccc3C2)CC1. The molecule has 0 aromatic heterocycles. The number of carbonyl (C=O) groups is 1. The van der Waals surface area contributed by atoms with Crippen molar-refractivity contribution in [2.75, 3.05) is 44.7 Å². The molecule has 3 rings (SSSR count). The first-order valence-corrected chi connectivity index (χ1v) is 11.0. The number of rotatable bonds is 4. The number of hydrogen-bond donors (Lipinski definition) is 1. The third-order valence-electron chi connectivity index (χ3n) is 5.19. The lowest BCUT2D eigenvalue weighted by atomic mass is 9.87. The van der Waals surface area contributed by atoms with E-state index < -0.39 is 9.84 Å². The van der Waals surface area contributed by atoms with Crippen LogP contribution in [0.15, 0.2) is 24.3 Å². The number of carbonyl (C=O) groups excluding carboxylic acids is 1. The Hall–Kier alpha value is -1.60. The van der Waals surface area contributed by atoms with Gasteiger partial charge in [0.1, 0.15) is 9.84 Å². The molecule has 1 heterocycles. The largest absolute Gasteiger partial charge is 0.337 e. The summed E-state index contributed by atoms with van der Waals surface area (Å²) in [5.74, 6) is -0.0137. The van der Waals surface area contributed by atoms with Crippen molar-refractivity contribution in [3.63, 3.8) is 0 Å². The van der Waals surface area contributed by atoms with Crippen LogP contribution < -0.4 is 5.32 Å². The van der Waals surface area contributed by atoms with Gasteiger partial charge in [-0.05, 0) is 30.4 Å². The van der Waals surface area contributed by atoms with Crippen LogP contribution in [-0.4, -0.2) is 75.0 Å². The number of aryl methyl sites for hydroxylation is 1. The summed E-state index contributed by atoms with van der Waals surface area (Å²) >= 11 is 0. The van der Waals surface area contributed by atoms with Gasteiger partial charge in [-0.15, -0.1) is 0 Å². The van der Waals surface area contributed by atoms with Crippen LogP contribution in [-0.2, 0) is 22.7 Å². The molecule has 0 bridgehead atoms. The van der Waals surface area contributed by atoms with Gasteiger partial charge in [0.2, 0.25) is 0 Å². The third-order valence-corrected chi connectivity index (χ3v) is 6.13. The molecular weight excluding hydrogens is 338 g/mol. The Morgan fingerprint density at radius 1 is 1.16 bits per heavy atom. The summed E-state index contributed by atoms with van der Waals surface area (Å²) in [6, 6.07) is 9.08. The van der Waals surface area contributed by atoms with Gasteiger partial charge in [-0.25, -0.2) is 13.2 Å². The number of nitrogens with one attached hydrogen (secondary N) is 1. The lowest BCUT2D eigenvalue weighted by molar-refractivity contribution is 0.102. The number of hydrogen-bond acceptors (Lipinski definition) is 4. The molecule has 1 aromatic carbocycles. The van der Waals surface area contributed by atoms with Crippen LogP contribution in [0, 0.1) is 0 Å². The highest BCUT2D eigenvalue weighted by molar-refractivity contribution is 7.90. The van der Waals surface area contributed by atoms with Gasteiger partial charge in [0, 0.05) is 45.0 Å². The normalized spacial score (nSPS) is 21.6. The van der Waals surface area contributed by atoms with Gasteiger partial charge >= 0.3 is 6.03 Å². The van der Waals surface area contributed by atoms with Crippen LogP contribution >= 0.6 is 0 Å². The van der Waals surface area contributed by atoms with Gasteiger partial charge in [0.05, 0.1) is 5.75 Å². The van der Waals surface area contributed by atoms with Gasteiger partial charge in [0.25, 0.3) is 0 Å². The summed E-state index contributed by atoms with van der Waals surface area (Å²) in [7, 11) is -3.04. The number of fused-ring (bicyclic) bond motifs is 1. The number of nitrogens with zero attached hydrogens (tertiary/aromatic N) is 2. The second-order valence-corrected chi connectivity index (χ2v) is 9.31. The summed E-state index contributed by atoms with van der Waals surface area (Å²) in [6.45, 7) is 3.33. The molecule has 1 aliphatic heterocycles. The molecule has 7 heteroatoms. The number of sulfone groups is 1. The molecule has 0 spiro atoms. The van der Waals surface area contributed by atoms with Gasteiger partial charge in [-0.2, -0.15) is 0 Å². The van der Waals surface area contributed by atoms with Crippen LogP contribution in [0.25, 0.3) is 0 Å². The molecule has 25 heavy (non-hydrogen) atoms. The van der Waals surface area contributed by atoms with E-state index in [-0.39, 0.29) is 18.3 Å². The zero-order valence-electron chi connectivity index (χ0n) is 14.8. The molecule has 1 unspecified atom stereocenters. The zero-order chi connectivity index (χ0) is 17.9. The molecule has 0 radical (unpaired) electrons. The first-order valence-electron chi connectivity index (χ1n) is 8.94. The predicted molar refractivity (Wildman–Crippen MR) is 98.5 cm³/mol. The Morgan fingerprint density at radius 3 is 2.52 bits per heavy atom. The highest BCUT2D eigenvalue weighted by Gasteiger charge is 2.28. The lowest BCUT2D eigenvalue weighted by Crippen LogP contribution is -2.55. The highest BCUT2D eigenvalue weighted by Crippen LogP contribution is 2.25. The Labute approximate surface area is 150 Å². The molecule has 138 valence electrons. The number of amides is 2. The van der Waals surface area contributed by atoms with E-state index in [2.05, 4.69) is 34.5 Å². The monoisotopic (exact) mass is 365 g/mol. The fourth-order valence-corrected chi connectivity index (χ4v) is 4.21. The fourth-order valence-electron chi connectivity index (χ4n) is 3.74. The summed E-state index contributed by atoms with van der Waals surface area (Å²) < 4.78 is 22.2. The molecule has 1 aromatic rings. The van der Waals surface area contributed by atoms with Crippen molar-refractivity contribution in [1.82, 2.24) is 15.1 Å². The average molecular weight is 365 g/mol. The topological polar surface area (TPSA) is 69.7 Å². The summed E-state index contributed by atoms with van der Waals surface area (Å²) in [4.78, 5) is 16.4. The van der Waals surface area contributed by atoms with E-state index in [1.165, 1.54) is 23.8 Å². The van der Waals surface area contributed by atoms with Crippen LogP contribution in [0.5, 0.6) is 0 Å². The van der Waals surface area contributed by atoms with Gasteiger partial charge < -0.3 is 10.2 Å². The number of urea groups is 1. The van der Waals surface area contributed by atoms with Crippen molar-refractivity contribution in [2.45, 2.75) is 25.3 Å². The quantitative estimate of drug-likeness (QED) is 0.861. The molecule has 1 aliphatic carbocycles. The highest BCUT2D eigenvalue weighted by atomic mass is 32.2. The van der Waals surface area contributed by atoms with Crippen LogP contribution in [0.2, 0.25) is 0 Å². The predicted octanol–water partition coefficient (Wildman–Crippen LogP) is 0.916. The van der Waals surface area contributed by atoms with Gasteiger partial charge in [0.15, 0.2) is 0 Å². The first kappa shape index (κ1) is 18.2. The van der Waals surface area contributed by atoms with Gasteiger partial charge in [-0.3, -0.25) is 4.90 Å². The van der Waals surface area contributed by atoms with Gasteiger partial charge in [-0.1, -0.05) is 24.3 Å². The van der Waals surface area contributed by atoms with E-state index in [0.717, 1.165) is 25.9 Å². The minimum absolute atomic E-state index is 0.0137. The molecule has 1 saturated heterocycles.